The molecule has 0 heterocycles. The standard InChI is InChI=1S/C10H16O4S.Li/c1-9(2)6-4-5-10(9,3)8(11)7(6)15(12,13)14;/h6-7H,4-5H2,1-3H3,(H,12,13,14);/q;+1/p-1. The predicted octanol–water partition coefficient (Wildman–Crippen LogP) is -2.07. The Morgan fingerprint density at radius 3 is 2.06 bits per heavy atom. The molecule has 2 bridgehead atoms. The zero-order valence-electron chi connectivity index (χ0n) is 10.1. The molecule has 6 heteroatoms. The topological polar surface area (TPSA) is 74.3 Å². The molecule has 2 fully saturated rings. The molecule has 0 aromatic rings. The second-order valence-corrected chi connectivity index (χ2v) is 6.97. The normalized spacial score (nSPS) is 40.9. The Kier molecular flexibility index (Phi) is 3.19. The Labute approximate surface area is 108 Å². The van der Waals surface area contributed by atoms with E-state index >= 15 is 0 Å². The first-order valence-corrected chi connectivity index (χ1v) is 6.58. The number of Topliss-reactive ketones (excluding diaryl/α,β-unsaturated/α-hetero) is 1. The summed E-state index contributed by atoms with van der Waals surface area (Å²) in [5, 5.41) is -1.30. The monoisotopic (exact) mass is 238 g/mol. The van der Waals surface area contributed by atoms with E-state index in [9.17, 15) is 17.8 Å². The Bertz CT molecular complexity index is 428. The quantitative estimate of drug-likeness (QED) is 0.388. The minimum atomic E-state index is -4.49. The van der Waals surface area contributed by atoms with Crippen molar-refractivity contribution in [3.05, 3.63) is 0 Å². The summed E-state index contributed by atoms with van der Waals surface area (Å²) in [7, 11) is -4.49. The van der Waals surface area contributed by atoms with Crippen LogP contribution in [0.2, 0.25) is 0 Å². The van der Waals surface area contributed by atoms with Gasteiger partial charge in [0, 0.05) is 5.41 Å². The van der Waals surface area contributed by atoms with Crippen molar-refractivity contribution < 1.29 is 36.6 Å². The van der Waals surface area contributed by atoms with E-state index in [0.29, 0.717) is 12.8 Å². The number of hydrogen-bond donors (Lipinski definition) is 0. The second-order valence-electron chi connectivity index (χ2n) is 5.48. The minimum Gasteiger partial charge on any atom is -0.747 e. The molecule has 0 saturated heterocycles. The summed E-state index contributed by atoms with van der Waals surface area (Å²) in [4.78, 5) is 12.0. The summed E-state index contributed by atoms with van der Waals surface area (Å²) >= 11 is 0. The maximum absolute atomic E-state index is 12.0. The van der Waals surface area contributed by atoms with Crippen molar-refractivity contribution in [2.45, 2.75) is 38.9 Å². The van der Waals surface area contributed by atoms with Gasteiger partial charge in [-0.15, -0.1) is 0 Å². The number of carbonyl (C=O) groups is 1. The van der Waals surface area contributed by atoms with Crippen LogP contribution in [0.15, 0.2) is 0 Å². The molecule has 0 aromatic carbocycles. The average Bonchev–Trinajstić information content (AvgIpc) is 2.33. The van der Waals surface area contributed by atoms with Crippen LogP contribution in [0.4, 0.5) is 0 Å². The first kappa shape index (κ1) is 14.2. The molecule has 2 aliphatic rings. The minimum absolute atomic E-state index is 0. The maximum Gasteiger partial charge on any atom is 1.00 e. The van der Waals surface area contributed by atoms with Gasteiger partial charge in [0.2, 0.25) is 0 Å². The molecule has 0 amide bonds. The van der Waals surface area contributed by atoms with Gasteiger partial charge < -0.3 is 4.55 Å². The van der Waals surface area contributed by atoms with E-state index in [1.54, 1.807) is 6.92 Å². The van der Waals surface area contributed by atoms with Crippen LogP contribution in [-0.4, -0.2) is 24.0 Å². The SMILES string of the molecule is CC12CCC(C(S(=O)(=O)[O-])C1=O)C2(C)C.[Li+]. The molecular weight excluding hydrogens is 223 g/mol. The van der Waals surface area contributed by atoms with Gasteiger partial charge >= 0.3 is 18.9 Å². The predicted molar refractivity (Wildman–Crippen MR) is 53.1 cm³/mol. The van der Waals surface area contributed by atoms with Gasteiger partial charge in [-0.25, -0.2) is 8.42 Å². The van der Waals surface area contributed by atoms with E-state index in [4.69, 9.17) is 0 Å². The molecule has 86 valence electrons. The van der Waals surface area contributed by atoms with Gasteiger partial charge in [-0.1, -0.05) is 20.8 Å². The fourth-order valence-corrected chi connectivity index (χ4v) is 4.74. The Balaban J connectivity index is 0.00000128. The van der Waals surface area contributed by atoms with Crippen LogP contribution in [0.1, 0.15) is 33.6 Å². The summed E-state index contributed by atoms with van der Waals surface area (Å²) in [5.41, 5.74) is -0.994. The van der Waals surface area contributed by atoms with Gasteiger partial charge in [-0.2, -0.15) is 0 Å². The van der Waals surface area contributed by atoms with E-state index in [1.807, 2.05) is 13.8 Å². The third-order valence-electron chi connectivity index (χ3n) is 4.78. The number of carbonyl (C=O) groups excluding carboxylic acids is 1. The van der Waals surface area contributed by atoms with Crippen LogP contribution in [0, 0.1) is 16.7 Å². The largest absolute Gasteiger partial charge is 1.00 e. The van der Waals surface area contributed by atoms with Crippen LogP contribution in [0.25, 0.3) is 0 Å². The Morgan fingerprint density at radius 1 is 1.31 bits per heavy atom. The van der Waals surface area contributed by atoms with Crippen LogP contribution in [0.3, 0.4) is 0 Å². The third-order valence-corrected chi connectivity index (χ3v) is 5.95. The average molecular weight is 238 g/mol. The first-order chi connectivity index (χ1) is 6.62. The fourth-order valence-electron chi connectivity index (χ4n) is 3.34. The van der Waals surface area contributed by atoms with Crippen molar-refractivity contribution in [2.24, 2.45) is 16.7 Å². The fraction of sp³-hybridized carbons (Fsp3) is 0.900. The molecular formula is C10H15LiO4S. The van der Waals surface area contributed by atoms with Gasteiger partial charge in [0.25, 0.3) is 0 Å². The third kappa shape index (κ3) is 1.45. The van der Waals surface area contributed by atoms with Crippen LogP contribution < -0.4 is 18.9 Å². The van der Waals surface area contributed by atoms with Crippen molar-refractivity contribution in [3.8, 4) is 0 Å². The molecule has 4 nitrogen and oxygen atoms in total. The van der Waals surface area contributed by atoms with E-state index in [2.05, 4.69) is 0 Å². The summed E-state index contributed by atoms with van der Waals surface area (Å²) in [6.07, 6.45) is 1.37. The van der Waals surface area contributed by atoms with Crippen molar-refractivity contribution in [2.75, 3.05) is 0 Å². The molecule has 3 unspecified atom stereocenters. The molecule has 0 aliphatic heterocycles. The smallest absolute Gasteiger partial charge is 0.747 e. The molecule has 0 spiro atoms. The van der Waals surface area contributed by atoms with Gasteiger partial charge in [-0.3, -0.25) is 4.79 Å². The molecule has 16 heavy (non-hydrogen) atoms. The van der Waals surface area contributed by atoms with E-state index in [-0.39, 0.29) is 36.0 Å². The number of rotatable bonds is 1. The van der Waals surface area contributed by atoms with Crippen molar-refractivity contribution >= 4 is 15.9 Å². The summed E-state index contributed by atoms with van der Waals surface area (Å²) in [5.74, 6) is -0.656. The van der Waals surface area contributed by atoms with E-state index < -0.39 is 20.8 Å². The molecule has 2 aliphatic carbocycles. The van der Waals surface area contributed by atoms with Crippen LogP contribution >= 0.6 is 0 Å². The van der Waals surface area contributed by atoms with Crippen molar-refractivity contribution in [3.63, 3.8) is 0 Å². The molecule has 2 rings (SSSR count). The van der Waals surface area contributed by atoms with Gasteiger partial charge in [0.15, 0.2) is 5.78 Å². The summed E-state index contributed by atoms with van der Waals surface area (Å²) in [6.45, 7) is 5.59. The van der Waals surface area contributed by atoms with Gasteiger partial charge in [0.1, 0.15) is 15.4 Å². The Hall–Kier alpha value is 0.177. The van der Waals surface area contributed by atoms with Crippen LogP contribution in [-0.2, 0) is 14.9 Å². The molecule has 2 saturated carbocycles. The van der Waals surface area contributed by atoms with Crippen LogP contribution in [0.5, 0.6) is 0 Å². The zero-order chi connectivity index (χ0) is 11.6. The number of hydrogen-bond acceptors (Lipinski definition) is 4. The maximum atomic E-state index is 12.0. The summed E-state index contributed by atoms with van der Waals surface area (Å²) in [6, 6.07) is 0. The van der Waals surface area contributed by atoms with Gasteiger partial charge in [0.05, 0.1) is 0 Å². The van der Waals surface area contributed by atoms with Gasteiger partial charge in [-0.05, 0) is 24.2 Å². The number of fused-ring (bicyclic) bond motifs is 2. The first-order valence-electron chi connectivity index (χ1n) is 5.11. The summed E-state index contributed by atoms with van der Waals surface area (Å²) < 4.78 is 33.3. The van der Waals surface area contributed by atoms with Crippen molar-refractivity contribution in [1.29, 1.82) is 0 Å². The molecule has 0 N–H and O–H groups in total. The Morgan fingerprint density at radius 2 is 1.81 bits per heavy atom. The second kappa shape index (κ2) is 3.58. The molecule has 3 atom stereocenters. The van der Waals surface area contributed by atoms with Crippen molar-refractivity contribution in [1.82, 2.24) is 0 Å². The van der Waals surface area contributed by atoms with E-state index in [1.165, 1.54) is 0 Å². The molecule has 0 aromatic heterocycles. The molecule has 0 radical (unpaired) electrons. The van der Waals surface area contributed by atoms with E-state index in [0.717, 1.165) is 0 Å². The number of ketones is 1. The zero-order valence-corrected chi connectivity index (χ0v) is 10.9.